The molecule has 1 N–H and O–H groups in total. The highest BCUT2D eigenvalue weighted by Gasteiger charge is 2.20. The second-order valence-corrected chi connectivity index (χ2v) is 8.44. The maximum atomic E-state index is 6.48. The van der Waals surface area contributed by atoms with Crippen LogP contribution in [0.25, 0.3) is 10.9 Å². The number of nitrogens with zero attached hydrogens (tertiary/aromatic N) is 4. The van der Waals surface area contributed by atoms with Crippen molar-refractivity contribution >= 4 is 34.0 Å². The van der Waals surface area contributed by atoms with Gasteiger partial charge in [0.1, 0.15) is 29.7 Å². The van der Waals surface area contributed by atoms with Crippen molar-refractivity contribution in [2.24, 2.45) is 0 Å². The summed E-state index contributed by atoms with van der Waals surface area (Å²) in [7, 11) is 2.14. The number of anilines is 2. The van der Waals surface area contributed by atoms with Crippen LogP contribution in [0.15, 0.2) is 67.1 Å². The first kappa shape index (κ1) is 21.4. The highest BCUT2D eigenvalue weighted by atomic mass is 35.5. The molecule has 8 heteroatoms. The van der Waals surface area contributed by atoms with Crippen LogP contribution in [0.4, 0.5) is 11.5 Å². The van der Waals surface area contributed by atoms with Crippen LogP contribution < -0.4 is 14.8 Å². The SMILES string of the molecule is CN1CCC(Oc2cccc3ncnc(Nc4ccc(Oc5ccccn5)c(Cl)c4)c23)CC1. The molecular weight excluding hydrogens is 438 g/mol. The van der Waals surface area contributed by atoms with Gasteiger partial charge in [0.2, 0.25) is 5.88 Å². The molecule has 0 spiro atoms. The lowest BCUT2D eigenvalue weighted by atomic mass is 10.1. The van der Waals surface area contributed by atoms with E-state index >= 15 is 0 Å². The van der Waals surface area contributed by atoms with Crippen molar-refractivity contribution < 1.29 is 9.47 Å². The van der Waals surface area contributed by atoms with Gasteiger partial charge in [0.25, 0.3) is 0 Å². The van der Waals surface area contributed by atoms with Crippen LogP contribution in [0, 0.1) is 0 Å². The molecule has 33 heavy (non-hydrogen) atoms. The molecule has 2 aromatic heterocycles. The fourth-order valence-electron chi connectivity index (χ4n) is 3.87. The van der Waals surface area contributed by atoms with Crippen LogP contribution in [-0.4, -0.2) is 46.1 Å². The Kier molecular flexibility index (Phi) is 6.24. The monoisotopic (exact) mass is 461 g/mol. The van der Waals surface area contributed by atoms with Gasteiger partial charge in [-0.25, -0.2) is 15.0 Å². The summed E-state index contributed by atoms with van der Waals surface area (Å²) in [5.41, 5.74) is 1.60. The molecule has 7 nitrogen and oxygen atoms in total. The van der Waals surface area contributed by atoms with Crippen molar-refractivity contribution in [3.8, 4) is 17.4 Å². The van der Waals surface area contributed by atoms with E-state index in [0.717, 1.165) is 48.3 Å². The Hall–Kier alpha value is -3.42. The fraction of sp³-hybridized carbons (Fsp3) is 0.240. The number of rotatable bonds is 6. The lowest BCUT2D eigenvalue weighted by molar-refractivity contribution is 0.116. The summed E-state index contributed by atoms with van der Waals surface area (Å²) in [6.45, 7) is 2.06. The Morgan fingerprint density at radius 2 is 1.85 bits per heavy atom. The van der Waals surface area contributed by atoms with Gasteiger partial charge in [0.05, 0.1) is 15.9 Å². The van der Waals surface area contributed by atoms with E-state index in [1.165, 1.54) is 0 Å². The maximum absolute atomic E-state index is 6.48. The maximum Gasteiger partial charge on any atom is 0.219 e. The molecule has 1 saturated heterocycles. The van der Waals surface area contributed by atoms with Gasteiger partial charge in [0.15, 0.2) is 0 Å². The lowest BCUT2D eigenvalue weighted by Gasteiger charge is -2.29. The van der Waals surface area contributed by atoms with Gasteiger partial charge in [-0.05, 0) is 56.3 Å². The van der Waals surface area contributed by atoms with Gasteiger partial charge in [0, 0.05) is 31.0 Å². The minimum atomic E-state index is 0.178. The highest BCUT2D eigenvalue weighted by molar-refractivity contribution is 6.32. The molecule has 0 bridgehead atoms. The predicted octanol–water partition coefficient (Wildman–Crippen LogP) is 5.69. The summed E-state index contributed by atoms with van der Waals surface area (Å²) in [5, 5.41) is 4.68. The summed E-state index contributed by atoms with van der Waals surface area (Å²) in [4.78, 5) is 15.4. The van der Waals surface area contributed by atoms with Crippen LogP contribution in [0.2, 0.25) is 5.02 Å². The van der Waals surface area contributed by atoms with E-state index < -0.39 is 0 Å². The van der Waals surface area contributed by atoms with E-state index in [9.17, 15) is 0 Å². The van der Waals surface area contributed by atoms with Gasteiger partial charge in [-0.15, -0.1) is 0 Å². The minimum Gasteiger partial charge on any atom is -0.489 e. The number of hydrogen-bond donors (Lipinski definition) is 1. The Morgan fingerprint density at radius 1 is 0.970 bits per heavy atom. The molecule has 1 aliphatic rings. The summed E-state index contributed by atoms with van der Waals surface area (Å²) >= 11 is 6.48. The summed E-state index contributed by atoms with van der Waals surface area (Å²) in [6.07, 6.45) is 5.39. The molecule has 0 aliphatic carbocycles. The van der Waals surface area contributed by atoms with Gasteiger partial charge >= 0.3 is 0 Å². The third-order valence-electron chi connectivity index (χ3n) is 5.63. The molecule has 0 radical (unpaired) electrons. The quantitative estimate of drug-likeness (QED) is 0.395. The summed E-state index contributed by atoms with van der Waals surface area (Å²) < 4.78 is 12.2. The van der Waals surface area contributed by atoms with E-state index in [1.807, 2.05) is 36.4 Å². The zero-order valence-corrected chi connectivity index (χ0v) is 19.0. The molecule has 1 fully saturated rings. The highest BCUT2D eigenvalue weighted by Crippen LogP contribution is 2.35. The number of hydrogen-bond acceptors (Lipinski definition) is 7. The van der Waals surface area contributed by atoms with E-state index in [0.29, 0.717) is 22.5 Å². The largest absolute Gasteiger partial charge is 0.489 e. The van der Waals surface area contributed by atoms with Crippen molar-refractivity contribution in [3.05, 3.63) is 72.1 Å². The number of fused-ring (bicyclic) bond motifs is 1. The number of halogens is 1. The Morgan fingerprint density at radius 3 is 2.64 bits per heavy atom. The molecule has 0 unspecified atom stereocenters. The average Bonchev–Trinajstić information content (AvgIpc) is 2.83. The molecular formula is C25H24ClN5O2. The summed E-state index contributed by atoms with van der Waals surface area (Å²) in [5.74, 6) is 2.46. The lowest BCUT2D eigenvalue weighted by Crippen LogP contribution is -2.35. The first-order chi connectivity index (χ1) is 16.2. The molecule has 3 heterocycles. The third-order valence-corrected chi connectivity index (χ3v) is 5.93. The number of nitrogens with one attached hydrogen (secondary N) is 1. The molecule has 1 aliphatic heterocycles. The van der Waals surface area contributed by atoms with Gasteiger partial charge in [-0.2, -0.15) is 0 Å². The van der Waals surface area contributed by atoms with Crippen molar-refractivity contribution in [1.82, 2.24) is 19.9 Å². The second-order valence-electron chi connectivity index (χ2n) is 8.03. The number of likely N-dealkylation sites (tertiary alicyclic amines) is 1. The Bertz CT molecular complexity index is 1240. The molecule has 2 aromatic carbocycles. The van der Waals surface area contributed by atoms with Gasteiger partial charge in [-0.3, -0.25) is 0 Å². The van der Waals surface area contributed by atoms with Crippen molar-refractivity contribution in [3.63, 3.8) is 0 Å². The minimum absolute atomic E-state index is 0.178. The third kappa shape index (κ3) is 4.99. The van der Waals surface area contributed by atoms with Crippen molar-refractivity contribution in [2.75, 3.05) is 25.5 Å². The Labute approximate surface area is 197 Å². The standard InChI is InChI=1S/C25H24ClN5O2/c1-31-13-10-18(11-14-31)32-22-6-4-5-20-24(22)25(29-16-28-20)30-17-8-9-21(19(26)15-17)33-23-7-2-3-12-27-23/h2-9,12,15-16,18H,10-11,13-14H2,1H3,(H,28,29,30). The molecule has 0 atom stereocenters. The van der Waals surface area contributed by atoms with Gasteiger partial charge < -0.3 is 19.7 Å². The van der Waals surface area contributed by atoms with Gasteiger partial charge in [-0.1, -0.05) is 23.7 Å². The first-order valence-corrected chi connectivity index (χ1v) is 11.3. The van der Waals surface area contributed by atoms with Crippen LogP contribution in [-0.2, 0) is 0 Å². The number of benzene rings is 2. The molecule has 168 valence electrons. The van der Waals surface area contributed by atoms with Crippen LogP contribution in [0.3, 0.4) is 0 Å². The zero-order valence-electron chi connectivity index (χ0n) is 18.2. The fourth-order valence-corrected chi connectivity index (χ4v) is 4.09. The van der Waals surface area contributed by atoms with Crippen molar-refractivity contribution in [1.29, 1.82) is 0 Å². The topological polar surface area (TPSA) is 72.4 Å². The number of aromatic nitrogens is 3. The summed E-state index contributed by atoms with van der Waals surface area (Å²) in [6, 6.07) is 16.9. The van der Waals surface area contributed by atoms with E-state index in [2.05, 4.69) is 32.2 Å². The van der Waals surface area contributed by atoms with Crippen LogP contribution >= 0.6 is 11.6 Å². The smallest absolute Gasteiger partial charge is 0.219 e. The molecule has 5 rings (SSSR count). The number of piperidine rings is 1. The second kappa shape index (κ2) is 9.60. The van der Waals surface area contributed by atoms with Crippen LogP contribution in [0.5, 0.6) is 17.4 Å². The van der Waals surface area contributed by atoms with Crippen molar-refractivity contribution in [2.45, 2.75) is 18.9 Å². The average molecular weight is 462 g/mol. The molecule has 4 aromatic rings. The van der Waals surface area contributed by atoms with E-state index in [4.69, 9.17) is 21.1 Å². The normalized spacial score (nSPS) is 14.8. The Balaban J connectivity index is 1.40. The zero-order chi connectivity index (χ0) is 22.6. The number of pyridine rings is 1. The predicted molar refractivity (Wildman–Crippen MR) is 130 cm³/mol. The molecule has 0 saturated carbocycles. The van der Waals surface area contributed by atoms with E-state index in [-0.39, 0.29) is 6.10 Å². The molecule has 0 amide bonds. The van der Waals surface area contributed by atoms with E-state index in [1.54, 1.807) is 30.7 Å². The number of ether oxygens (including phenoxy) is 2. The first-order valence-electron chi connectivity index (χ1n) is 10.9. The van der Waals surface area contributed by atoms with Crippen LogP contribution in [0.1, 0.15) is 12.8 Å².